The van der Waals surface area contributed by atoms with Crippen molar-refractivity contribution in [2.24, 2.45) is 0 Å². The molecule has 3 rings (SSSR count). The average Bonchev–Trinajstić information content (AvgIpc) is 2.95. The molecule has 0 unspecified atom stereocenters. The Bertz CT molecular complexity index is 694. The summed E-state index contributed by atoms with van der Waals surface area (Å²) in [7, 11) is 0. The van der Waals surface area contributed by atoms with Crippen LogP contribution in [0.4, 0.5) is 10.1 Å². The smallest absolute Gasteiger partial charge is 0.226 e. The molecular formula is C16H13FN2O. The number of oxazole rings is 1. The van der Waals surface area contributed by atoms with Crippen molar-refractivity contribution in [1.82, 2.24) is 4.98 Å². The number of hydrogen-bond acceptors (Lipinski definition) is 3. The highest BCUT2D eigenvalue weighted by Gasteiger charge is 2.06. The van der Waals surface area contributed by atoms with Crippen LogP contribution in [-0.2, 0) is 6.54 Å². The van der Waals surface area contributed by atoms with E-state index in [0.29, 0.717) is 18.1 Å². The monoisotopic (exact) mass is 268 g/mol. The van der Waals surface area contributed by atoms with E-state index in [1.165, 1.54) is 12.1 Å². The van der Waals surface area contributed by atoms with Gasteiger partial charge in [0.05, 0.1) is 12.2 Å². The highest BCUT2D eigenvalue weighted by atomic mass is 19.1. The van der Waals surface area contributed by atoms with Crippen molar-refractivity contribution < 1.29 is 8.81 Å². The Labute approximate surface area is 116 Å². The second-order valence-corrected chi connectivity index (χ2v) is 4.37. The van der Waals surface area contributed by atoms with E-state index in [1.807, 2.05) is 30.3 Å². The lowest BCUT2D eigenvalue weighted by Crippen LogP contribution is -1.99. The van der Waals surface area contributed by atoms with Crippen molar-refractivity contribution >= 4 is 5.69 Å². The summed E-state index contributed by atoms with van der Waals surface area (Å²) in [4.78, 5) is 4.40. The predicted octanol–water partition coefficient (Wildman–Crippen LogP) is 4.09. The van der Waals surface area contributed by atoms with E-state index in [2.05, 4.69) is 10.3 Å². The van der Waals surface area contributed by atoms with Crippen LogP contribution in [0, 0.1) is 5.82 Å². The number of rotatable bonds is 4. The molecule has 2 aromatic carbocycles. The second-order valence-electron chi connectivity index (χ2n) is 4.37. The third-order valence-electron chi connectivity index (χ3n) is 2.87. The molecule has 1 aromatic heterocycles. The lowest BCUT2D eigenvalue weighted by molar-refractivity contribution is 0.573. The summed E-state index contributed by atoms with van der Waals surface area (Å²) in [5.74, 6) is 0.321. The fourth-order valence-corrected chi connectivity index (χ4v) is 1.89. The van der Waals surface area contributed by atoms with Gasteiger partial charge < -0.3 is 9.73 Å². The van der Waals surface area contributed by atoms with E-state index < -0.39 is 0 Å². The molecule has 3 aromatic rings. The van der Waals surface area contributed by atoms with Crippen molar-refractivity contribution in [3.63, 3.8) is 0 Å². The minimum absolute atomic E-state index is 0.264. The van der Waals surface area contributed by atoms with Crippen LogP contribution in [0.15, 0.2) is 65.3 Å². The van der Waals surface area contributed by atoms with Crippen LogP contribution in [0.2, 0.25) is 0 Å². The van der Waals surface area contributed by atoms with Crippen LogP contribution in [-0.4, -0.2) is 4.98 Å². The summed E-state index contributed by atoms with van der Waals surface area (Å²) in [6, 6.07) is 16.0. The SMILES string of the molecule is Fc1cccc(NCc2coc(-c3ccccc3)n2)c1. The molecule has 20 heavy (non-hydrogen) atoms. The molecule has 0 bridgehead atoms. The van der Waals surface area contributed by atoms with E-state index in [-0.39, 0.29) is 5.82 Å². The zero-order chi connectivity index (χ0) is 13.8. The number of anilines is 1. The van der Waals surface area contributed by atoms with Crippen molar-refractivity contribution in [2.75, 3.05) is 5.32 Å². The van der Waals surface area contributed by atoms with Gasteiger partial charge in [-0.15, -0.1) is 0 Å². The first-order chi connectivity index (χ1) is 9.81. The summed E-state index contributed by atoms with van der Waals surface area (Å²) in [5.41, 5.74) is 2.42. The Kier molecular flexibility index (Phi) is 3.46. The summed E-state index contributed by atoms with van der Waals surface area (Å²) in [6.07, 6.45) is 1.61. The first-order valence-corrected chi connectivity index (χ1v) is 6.30. The molecule has 0 saturated heterocycles. The van der Waals surface area contributed by atoms with Crippen LogP contribution in [0.3, 0.4) is 0 Å². The second kappa shape index (κ2) is 5.57. The van der Waals surface area contributed by atoms with E-state index >= 15 is 0 Å². The van der Waals surface area contributed by atoms with Gasteiger partial charge >= 0.3 is 0 Å². The largest absolute Gasteiger partial charge is 0.444 e. The molecule has 1 heterocycles. The van der Waals surface area contributed by atoms with Crippen LogP contribution < -0.4 is 5.32 Å². The summed E-state index contributed by atoms with van der Waals surface area (Å²) >= 11 is 0. The van der Waals surface area contributed by atoms with Crippen molar-refractivity contribution in [3.8, 4) is 11.5 Å². The number of nitrogens with zero attached hydrogens (tertiary/aromatic N) is 1. The van der Waals surface area contributed by atoms with Gasteiger partial charge in [-0.1, -0.05) is 24.3 Å². The normalized spacial score (nSPS) is 10.4. The maximum absolute atomic E-state index is 13.0. The van der Waals surface area contributed by atoms with Crippen molar-refractivity contribution in [2.45, 2.75) is 6.54 Å². The number of hydrogen-bond donors (Lipinski definition) is 1. The van der Waals surface area contributed by atoms with Crippen LogP contribution in [0.25, 0.3) is 11.5 Å². The molecule has 0 saturated carbocycles. The van der Waals surface area contributed by atoms with Gasteiger partial charge in [0.15, 0.2) is 0 Å². The Morgan fingerprint density at radius 1 is 1.05 bits per heavy atom. The molecule has 1 N–H and O–H groups in total. The lowest BCUT2D eigenvalue weighted by Gasteiger charge is -2.03. The highest BCUT2D eigenvalue weighted by Crippen LogP contribution is 2.18. The number of nitrogens with one attached hydrogen (secondary N) is 1. The van der Waals surface area contributed by atoms with Crippen LogP contribution >= 0.6 is 0 Å². The molecule has 0 aliphatic carbocycles. The minimum atomic E-state index is -0.264. The molecule has 0 amide bonds. The standard InChI is InChI=1S/C16H13FN2O/c17-13-7-4-8-14(9-13)18-10-15-11-20-16(19-15)12-5-2-1-3-6-12/h1-9,11,18H,10H2. The molecule has 0 spiro atoms. The molecule has 100 valence electrons. The Morgan fingerprint density at radius 2 is 1.90 bits per heavy atom. The van der Waals surface area contributed by atoms with E-state index in [4.69, 9.17) is 4.42 Å². The van der Waals surface area contributed by atoms with Crippen LogP contribution in [0.1, 0.15) is 5.69 Å². The number of halogens is 1. The van der Waals surface area contributed by atoms with E-state index in [0.717, 1.165) is 11.3 Å². The molecule has 3 nitrogen and oxygen atoms in total. The zero-order valence-corrected chi connectivity index (χ0v) is 10.7. The molecule has 0 aliphatic heterocycles. The predicted molar refractivity (Wildman–Crippen MR) is 75.7 cm³/mol. The van der Waals surface area contributed by atoms with Gasteiger partial charge in [-0.25, -0.2) is 9.37 Å². The molecule has 0 fully saturated rings. The molecule has 4 heteroatoms. The molecule has 0 atom stereocenters. The highest BCUT2D eigenvalue weighted by molar-refractivity contribution is 5.52. The third-order valence-corrected chi connectivity index (χ3v) is 2.87. The molecular weight excluding hydrogens is 255 g/mol. The number of benzene rings is 2. The van der Waals surface area contributed by atoms with Gasteiger partial charge in [-0.3, -0.25) is 0 Å². The first kappa shape index (κ1) is 12.4. The molecule has 0 aliphatic rings. The topological polar surface area (TPSA) is 38.1 Å². The summed E-state index contributed by atoms with van der Waals surface area (Å²) in [5, 5.41) is 3.10. The van der Waals surface area contributed by atoms with Crippen LogP contribution in [0.5, 0.6) is 0 Å². The van der Waals surface area contributed by atoms with Gasteiger partial charge in [0.25, 0.3) is 0 Å². The van der Waals surface area contributed by atoms with Gasteiger partial charge in [0.1, 0.15) is 12.1 Å². The van der Waals surface area contributed by atoms with E-state index in [1.54, 1.807) is 18.4 Å². The van der Waals surface area contributed by atoms with Gasteiger partial charge in [-0.05, 0) is 30.3 Å². The van der Waals surface area contributed by atoms with E-state index in [9.17, 15) is 4.39 Å². The summed E-state index contributed by atoms with van der Waals surface area (Å²) in [6.45, 7) is 0.486. The Hall–Kier alpha value is -2.62. The first-order valence-electron chi connectivity index (χ1n) is 6.30. The zero-order valence-electron chi connectivity index (χ0n) is 10.7. The lowest BCUT2D eigenvalue weighted by atomic mass is 10.2. The van der Waals surface area contributed by atoms with Gasteiger partial charge in [0, 0.05) is 11.3 Å². The number of aromatic nitrogens is 1. The third kappa shape index (κ3) is 2.85. The summed E-state index contributed by atoms with van der Waals surface area (Å²) < 4.78 is 18.5. The Balaban J connectivity index is 1.69. The quantitative estimate of drug-likeness (QED) is 0.774. The fraction of sp³-hybridized carbons (Fsp3) is 0.0625. The average molecular weight is 268 g/mol. The van der Waals surface area contributed by atoms with Gasteiger partial charge in [0.2, 0.25) is 5.89 Å². The maximum Gasteiger partial charge on any atom is 0.226 e. The maximum atomic E-state index is 13.0. The minimum Gasteiger partial charge on any atom is -0.444 e. The fourth-order valence-electron chi connectivity index (χ4n) is 1.89. The molecule has 0 radical (unpaired) electrons. The van der Waals surface area contributed by atoms with Gasteiger partial charge in [-0.2, -0.15) is 0 Å². The Morgan fingerprint density at radius 3 is 2.70 bits per heavy atom. The van der Waals surface area contributed by atoms with Crippen molar-refractivity contribution in [3.05, 3.63) is 72.4 Å². The van der Waals surface area contributed by atoms with Crippen molar-refractivity contribution in [1.29, 1.82) is 0 Å².